The standard InChI is InChI=1S/C10H10BrClO2/c11-6-7-4-9-10(5-8(7)12)14-3-1-2-13-9/h4-5H,1-3,6H2. The second kappa shape index (κ2) is 4.41. The molecule has 0 amide bonds. The number of hydrogen-bond donors (Lipinski definition) is 0. The van der Waals surface area contributed by atoms with Gasteiger partial charge in [0, 0.05) is 22.8 Å². The minimum Gasteiger partial charge on any atom is -0.490 e. The molecule has 2 nitrogen and oxygen atoms in total. The van der Waals surface area contributed by atoms with E-state index in [0.717, 1.165) is 28.8 Å². The molecule has 0 atom stereocenters. The minimum absolute atomic E-state index is 0.691. The van der Waals surface area contributed by atoms with E-state index in [1.165, 1.54) is 0 Å². The lowest BCUT2D eigenvalue weighted by Gasteiger charge is -2.09. The summed E-state index contributed by atoms with van der Waals surface area (Å²) in [5.74, 6) is 1.54. The maximum absolute atomic E-state index is 6.05. The van der Waals surface area contributed by atoms with E-state index in [9.17, 15) is 0 Å². The van der Waals surface area contributed by atoms with Crippen molar-refractivity contribution in [3.05, 3.63) is 22.7 Å². The fraction of sp³-hybridized carbons (Fsp3) is 0.400. The van der Waals surface area contributed by atoms with Crippen LogP contribution in [0.3, 0.4) is 0 Å². The fourth-order valence-electron chi connectivity index (χ4n) is 1.33. The molecule has 0 saturated heterocycles. The molecule has 0 aliphatic carbocycles. The molecule has 0 radical (unpaired) electrons. The van der Waals surface area contributed by atoms with Crippen LogP contribution in [0.15, 0.2) is 12.1 Å². The van der Waals surface area contributed by atoms with Crippen LogP contribution in [0, 0.1) is 0 Å². The molecule has 0 aromatic heterocycles. The molecule has 0 fully saturated rings. The van der Waals surface area contributed by atoms with Gasteiger partial charge in [-0.15, -0.1) is 0 Å². The summed E-state index contributed by atoms with van der Waals surface area (Å²) in [7, 11) is 0. The van der Waals surface area contributed by atoms with Gasteiger partial charge in [-0.2, -0.15) is 0 Å². The van der Waals surface area contributed by atoms with E-state index in [-0.39, 0.29) is 0 Å². The Bertz CT molecular complexity index is 341. The second-order valence-electron chi connectivity index (χ2n) is 3.07. The zero-order valence-electron chi connectivity index (χ0n) is 7.56. The van der Waals surface area contributed by atoms with Gasteiger partial charge in [0.15, 0.2) is 11.5 Å². The molecule has 1 heterocycles. The van der Waals surface area contributed by atoms with Gasteiger partial charge in [0.1, 0.15) is 0 Å². The predicted octanol–water partition coefficient (Wildman–Crippen LogP) is 3.40. The van der Waals surface area contributed by atoms with Crippen molar-refractivity contribution in [2.45, 2.75) is 11.8 Å². The molecular weight excluding hydrogens is 267 g/mol. The number of fused-ring (bicyclic) bond motifs is 1. The van der Waals surface area contributed by atoms with Crippen LogP contribution >= 0.6 is 27.5 Å². The molecule has 0 saturated carbocycles. The number of alkyl halides is 1. The third-order valence-corrected chi connectivity index (χ3v) is 3.02. The molecule has 2 rings (SSSR count). The van der Waals surface area contributed by atoms with Crippen molar-refractivity contribution in [3.8, 4) is 11.5 Å². The number of hydrogen-bond acceptors (Lipinski definition) is 2. The van der Waals surface area contributed by atoms with Crippen LogP contribution in [0.25, 0.3) is 0 Å². The zero-order chi connectivity index (χ0) is 9.97. The Morgan fingerprint density at radius 3 is 2.50 bits per heavy atom. The maximum Gasteiger partial charge on any atom is 0.162 e. The van der Waals surface area contributed by atoms with Crippen LogP contribution < -0.4 is 9.47 Å². The summed E-state index contributed by atoms with van der Waals surface area (Å²) in [6.07, 6.45) is 0.913. The van der Waals surface area contributed by atoms with Crippen molar-refractivity contribution in [2.75, 3.05) is 13.2 Å². The van der Waals surface area contributed by atoms with Crippen molar-refractivity contribution in [2.24, 2.45) is 0 Å². The summed E-state index contributed by atoms with van der Waals surface area (Å²) in [6, 6.07) is 3.75. The molecule has 1 aliphatic rings. The van der Waals surface area contributed by atoms with Crippen LogP contribution in [-0.4, -0.2) is 13.2 Å². The Kier molecular flexibility index (Phi) is 3.19. The lowest BCUT2D eigenvalue weighted by atomic mass is 10.2. The summed E-state index contributed by atoms with van der Waals surface area (Å²) in [6.45, 7) is 1.40. The van der Waals surface area contributed by atoms with E-state index in [2.05, 4.69) is 15.9 Å². The molecule has 14 heavy (non-hydrogen) atoms. The lowest BCUT2D eigenvalue weighted by molar-refractivity contribution is 0.297. The van der Waals surface area contributed by atoms with Gasteiger partial charge >= 0.3 is 0 Å². The van der Waals surface area contributed by atoms with Crippen molar-refractivity contribution in [3.63, 3.8) is 0 Å². The highest BCUT2D eigenvalue weighted by atomic mass is 79.9. The first-order valence-corrected chi connectivity index (χ1v) is 5.95. The van der Waals surface area contributed by atoms with E-state index >= 15 is 0 Å². The minimum atomic E-state index is 0.691. The van der Waals surface area contributed by atoms with Gasteiger partial charge < -0.3 is 9.47 Å². The average Bonchev–Trinajstić information content (AvgIpc) is 2.41. The summed E-state index contributed by atoms with van der Waals surface area (Å²) in [4.78, 5) is 0. The summed E-state index contributed by atoms with van der Waals surface area (Å²) in [5.41, 5.74) is 1.02. The van der Waals surface area contributed by atoms with Crippen LogP contribution in [0.5, 0.6) is 11.5 Å². The van der Waals surface area contributed by atoms with Crippen molar-refractivity contribution < 1.29 is 9.47 Å². The highest BCUT2D eigenvalue weighted by molar-refractivity contribution is 9.08. The van der Waals surface area contributed by atoms with Crippen LogP contribution in [-0.2, 0) is 5.33 Å². The highest BCUT2D eigenvalue weighted by Gasteiger charge is 2.13. The van der Waals surface area contributed by atoms with E-state index in [4.69, 9.17) is 21.1 Å². The Hall–Kier alpha value is -0.410. The molecule has 4 heteroatoms. The highest BCUT2D eigenvalue weighted by Crippen LogP contribution is 2.35. The Morgan fingerprint density at radius 2 is 1.86 bits per heavy atom. The van der Waals surface area contributed by atoms with Gasteiger partial charge in [-0.25, -0.2) is 0 Å². The molecule has 0 bridgehead atoms. The summed E-state index contributed by atoms with van der Waals surface area (Å²) >= 11 is 9.42. The van der Waals surface area contributed by atoms with E-state index in [1.54, 1.807) is 0 Å². The van der Waals surface area contributed by atoms with Gasteiger partial charge in [-0.3, -0.25) is 0 Å². The largest absolute Gasteiger partial charge is 0.490 e. The number of benzene rings is 1. The average molecular weight is 278 g/mol. The number of rotatable bonds is 1. The zero-order valence-corrected chi connectivity index (χ0v) is 9.90. The van der Waals surface area contributed by atoms with Crippen LogP contribution in [0.1, 0.15) is 12.0 Å². The van der Waals surface area contributed by atoms with E-state index < -0.39 is 0 Å². The molecule has 1 aliphatic heterocycles. The number of halogens is 2. The van der Waals surface area contributed by atoms with Gasteiger partial charge in [-0.1, -0.05) is 27.5 Å². The Labute approximate surface area is 96.3 Å². The predicted molar refractivity (Wildman–Crippen MR) is 59.7 cm³/mol. The van der Waals surface area contributed by atoms with Crippen LogP contribution in [0.2, 0.25) is 5.02 Å². The first-order chi connectivity index (χ1) is 6.81. The Morgan fingerprint density at radius 1 is 1.21 bits per heavy atom. The van der Waals surface area contributed by atoms with E-state index in [1.807, 2.05) is 12.1 Å². The summed E-state index contributed by atoms with van der Waals surface area (Å²) in [5, 5.41) is 1.44. The fourth-order valence-corrected chi connectivity index (χ4v) is 2.17. The van der Waals surface area contributed by atoms with Crippen molar-refractivity contribution in [1.29, 1.82) is 0 Å². The molecule has 0 N–H and O–H groups in total. The quantitative estimate of drug-likeness (QED) is 0.733. The second-order valence-corrected chi connectivity index (χ2v) is 4.04. The van der Waals surface area contributed by atoms with Gasteiger partial charge in [0.2, 0.25) is 0 Å². The SMILES string of the molecule is Clc1cc2c(cc1CBr)OCCCO2. The third kappa shape index (κ3) is 1.98. The molecule has 76 valence electrons. The van der Waals surface area contributed by atoms with Crippen molar-refractivity contribution >= 4 is 27.5 Å². The monoisotopic (exact) mass is 276 g/mol. The first kappa shape index (κ1) is 10.1. The maximum atomic E-state index is 6.05. The summed E-state index contributed by atoms with van der Waals surface area (Å²) < 4.78 is 11.0. The van der Waals surface area contributed by atoms with E-state index in [0.29, 0.717) is 18.2 Å². The van der Waals surface area contributed by atoms with Gasteiger partial charge in [0.25, 0.3) is 0 Å². The first-order valence-electron chi connectivity index (χ1n) is 4.45. The molecule has 0 spiro atoms. The molecule has 1 aromatic rings. The smallest absolute Gasteiger partial charge is 0.162 e. The lowest BCUT2D eigenvalue weighted by Crippen LogP contribution is -1.97. The topological polar surface area (TPSA) is 18.5 Å². The number of ether oxygens (including phenoxy) is 2. The molecule has 0 unspecified atom stereocenters. The van der Waals surface area contributed by atoms with Gasteiger partial charge in [0.05, 0.1) is 13.2 Å². The third-order valence-electron chi connectivity index (χ3n) is 2.06. The Balaban J connectivity index is 2.41. The van der Waals surface area contributed by atoms with Crippen LogP contribution in [0.4, 0.5) is 0 Å². The van der Waals surface area contributed by atoms with Crippen molar-refractivity contribution in [1.82, 2.24) is 0 Å². The van der Waals surface area contributed by atoms with Gasteiger partial charge in [-0.05, 0) is 11.6 Å². The normalized spacial score (nSPS) is 15.0. The molecule has 1 aromatic carbocycles. The molecular formula is C10H10BrClO2.